The SMILES string of the molecule is FC(F)C(F)(F)C(F)(F)F.F[B-](F)(F)F. The Labute approximate surface area is 75.2 Å². The van der Waals surface area contributed by atoms with E-state index in [4.69, 9.17) is 0 Å². The molecule has 0 aliphatic rings. The summed E-state index contributed by atoms with van der Waals surface area (Å²) in [6.45, 7) is 0. The molecule has 0 aromatic rings. The maximum Gasteiger partial charge on any atom is 0.673 e. The van der Waals surface area contributed by atoms with Crippen molar-refractivity contribution in [2.24, 2.45) is 0 Å². The summed E-state index contributed by atoms with van der Waals surface area (Å²) in [7, 11) is -6.00. The molecule has 94 valence electrons. The quantitative estimate of drug-likeness (QED) is 0.495. The molecule has 0 aromatic heterocycles. The molecule has 0 nitrogen and oxygen atoms in total. The van der Waals surface area contributed by atoms with Gasteiger partial charge in [-0.1, -0.05) is 0 Å². The van der Waals surface area contributed by atoms with Gasteiger partial charge in [0.2, 0.25) is 0 Å². The average Bonchev–Trinajstić information content (AvgIpc) is 1.79. The van der Waals surface area contributed by atoms with Crippen LogP contribution in [0.15, 0.2) is 0 Å². The average molecular weight is 257 g/mol. The minimum atomic E-state index is -6.17. The van der Waals surface area contributed by atoms with Crippen LogP contribution in [0, 0.1) is 0 Å². The summed E-state index contributed by atoms with van der Waals surface area (Å²) in [5.74, 6) is -5.90. The molecule has 0 N–H and O–H groups in total. The Morgan fingerprint density at radius 3 is 0.933 bits per heavy atom. The maximum atomic E-state index is 11.2. The minimum Gasteiger partial charge on any atom is -0.418 e. The molecule has 0 heterocycles. The molecule has 0 radical (unpaired) electrons. The van der Waals surface area contributed by atoms with Gasteiger partial charge in [-0.3, -0.25) is 0 Å². The number of rotatable bonds is 1. The van der Waals surface area contributed by atoms with Crippen LogP contribution in [0.25, 0.3) is 0 Å². The van der Waals surface area contributed by atoms with Crippen molar-refractivity contribution in [3.05, 3.63) is 0 Å². The highest BCUT2D eigenvalue weighted by Crippen LogP contribution is 2.39. The van der Waals surface area contributed by atoms with Crippen molar-refractivity contribution in [3.8, 4) is 0 Å². The standard InChI is InChI=1S/C3HF7.BF4/c4-1(5)2(6,7)3(8,9)10;2-1(3,4)5/h1H;/q;-1. The van der Waals surface area contributed by atoms with Crippen molar-refractivity contribution in [3.63, 3.8) is 0 Å². The first-order valence-corrected chi connectivity index (χ1v) is 2.79. The molecule has 0 aliphatic heterocycles. The van der Waals surface area contributed by atoms with Gasteiger partial charge in [0.15, 0.2) is 0 Å². The predicted octanol–water partition coefficient (Wildman–Crippen LogP) is 3.75. The van der Waals surface area contributed by atoms with Gasteiger partial charge in [0.05, 0.1) is 0 Å². The summed E-state index contributed by atoms with van der Waals surface area (Å²) >= 11 is 0. The van der Waals surface area contributed by atoms with Gasteiger partial charge in [0, 0.05) is 0 Å². The first-order chi connectivity index (χ1) is 6.19. The Balaban J connectivity index is 0. The Kier molecular flexibility index (Phi) is 5.44. The zero-order chi connectivity index (χ0) is 13.1. The monoisotopic (exact) mass is 257 g/mol. The van der Waals surface area contributed by atoms with E-state index in [1.54, 1.807) is 0 Å². The highest BCUT2D eigenvalue weighted by atomic mass is 19.5. The van der Waals surface area contributed by atoms with Crippen LogP contribution in [0.4, 0.5) is 48.0 Å². The second-order valence-electron chi connectivity index (χ2n) is 1.92. The van der Waals surface area contributed by atoms with E-state index in [-0.39, 0.29) is 0 Å². The van der Waals surface area contributed by atoms with Gasteiger partial charge in [0.1, 0.15) is 0 Å². The summed E-state index contributed by atoms with van der Waals surface area (Å²) in [4.78, 5) is 0. The van der Waals surface area contributed by atoms with Crippen molar-refractivity contribution in [1.82, 2.24) is 0 Å². The second-order valence-corrected chi connectivity index (χ2v) is 1.92. The van der Waals surface area contributed by atoms with Crippen molar-refractivity contribution in [2.45, 2.75) is 18.5 Å². The summed E-state index contributed by atoms with van der Waals surface area (Å²) in [6.07, 6.45) is -10.9. The lowest BCUT2D eigenvalue weighted by Crippen LogP contribution is -2.42. The molecule has 0 amide bonds. The second kappa shape index (κ2) is 4.88. The van der Waals surface area contributed by atoms with Crippen molar-refractivity contribution >= 4 is 7.25 Å². The summed E-state index contributed by atoms with van der Waals surface area (Å²) in [5.41, 5.74) is 0. The van der Waals surface area contributed by atoms with Crippen molar-refractivity contribution in [1.29, 1.82) is 0 Å². The Morgan fingerprint density at radius 1 is 0.733 bits per heavy atom. The normalized spacial score (nSPS) is 13.6. The zero-order valence-electron chi connectivity index (χ0n) is 6.31. The molecule has 0 aromatic carbocycles. The van der Waals surface area contributed by atoms with Gasteiger partial charge in [-0.05, 0) is 0 Å². The molecule has 0 bridgehead atoms. The number of hydrogen-bond donors (Lipinski definition) is 0. The van der Waals surface area contributed by atoms with E-state index in [1.807, 2.05) is 0 Å². The van der Waals surface area contributed by atoms with Gasteiger partial charge in [-0.25, -0.2) is 8.78 Å². The fraction of sp³-hybridized carbons (Fsp3) is 1.00. The van der Waals surface area contributed by atoms with E-state index in [0.29, 0.717) is 0 Å². The van der Waals surface area contributed by atoms with Gasteiger partial charge in [0.25, 0.3) is 0 Å². The van der Waals surface area contributed by atoms with Crippen LogP contribution in [0.2, 0.25) is 0 Å². The molecule has 0 spiro atoms. The molecule has 15 heavy (non-hydrogen) atoms. The molecule has 0 saturated heterocycles. The molecular formula is C3HBF11-. The van der Waals surface area contributed by atoms with E-state index in [0.717, 1.165) is 0 Å². The predicted molar refractivity (Wildman–Crippen MR) is 27.2 cm³/mol. The van der Waals surface area contributed by atoms with Crippen molar-refractivity contribution < 1.29 is 48.0 Å². The topological polar surface area (TPSA) is 0 Å². The number of hydrogen-bond acceptors (Lipinski definition) is 0. The summed E-state index contributed by atoms with van der Waals surface area (Å²) in [5, 5.41) is 0. The highest BCUT2D eigenvalue weighted by Gasteiger charge is 2.64. The van der Waals surface area contributed by atoms with Gasteiger partial charge in [-0.2, -0.15) is 22.0 Å². The summed E-state index contributed by atoms with van der Waals surface area (Å²) < 4.78 is 116. The van der Waals surface area contributed by atoms with Crippen molar-refractivity contribution in [2.75, 3.05) is 0 Å². The molecule has 0 atom stereocenters. The first kappa shape index (κ1) is 16.7. The minimum absolute atomic E-state index is 4.70. The molecule has 12 heteroatoms. The zero-order valence-corrected chi connectivity index (χ0v) is 6.31. The van der Waals surface area contributed by atoms with Crippen LogP contribution in [-0.2, 0) is 0 Å². The Morgan fingerprint density at radius 2 is 0.933 bits per heavy atom. The third-order valence-corrected chi connectivity index (χ3v) is 0.652. The highest BCUT2D eigenvalue weighted by molar-refractivity contribution is 6.50. The van der Waals surface area contributed by atoms with Crippen LogP contribution in [0.5, 0.6) is 0 Å². The van der Waals surface area contributed by atoms with Crippen LogP contribution >= 0.6 is 0 Å². The Bertz CT molecular complexity index is 169. The lowest BCUT2D eigenvalue weighted by Gasteiger charge is -2.17. The van der Waals surface area contributed by atoms with E-state index >= 15 is 0 Å². The first-order valence-electron chi connectivity index (χ1n) is 2.79. The van der Waals surface area contributed by atoms with Crippen LogP contribution in [0.3, 0.4) is 0 Å². The Hall–Kier alpha value is -0.705. The van der Waals surface area contributed by atoms with E-state index in [1.165, 1.54) is 0 Å². The smallest absolute Gasteiger partial charge is 0.418 e. The van der Waals surface area contributed by atoms with Gasteiger partial charge < -0.3 is 17.3 Å². The summed E-state index contributed by atoms with van der Waals surface area (Å²) in [6, 6.07) is 0. The lowest BCUT2D eigenvalue weighted by atomic mass is 10.3. The largest absolute Gasteiger partial charge is 0.673 e. The van der Waals surface area contributed by atoms with E-state index < -0.39 is 25.8 Å². The van der Waals surface area contributed by atoms with Gasteiger partial charge >= 0.3 is 25.8 Å². The third-order valence-electron chi connectivity index (χ3n) is 0.652. The van der Waals surface area contributed by atoms with Crippen LogP contribution < -0.4 is 0 Å². The maximum absolute atomic E-state index is 11.2. The molecule has 0 aliphatic carbocycles. The molecule has 0 saturated carbocycles. The van der Waals surface area contributed by atoms with Gasteiger partial charge in [-0.15, -0.1) is 0 Å². The molecular weight excluding hydrogens is 256 g/mol. The van der Waals surface area contributed by atoms with Crippen LogP contribution in [0.1, 0.15) is 0 Å². The lowest BCUT2D eigenvalue weighted by molar-refractivity contribution is -0.320. The number of halogens is 11. The van der Waals surface area contributed by atoms with Crippen LogP contribution in [-0.4, -0.2) is 25.8 Å². The fourth-order valence-electron chi connectivity index (χ4n) is 0.124. The number of alkyl halides is 7. The molecule has 0 unspecified atom stereocenters. The van der Waals surface area contributed by atoms with E-state index in [2.05, 4.69) is 0 Å². The third kappa shape index (κ3) is 8.30. The molecule has 0 rings (SSSR count). The van der Waals surface area contributed by atoms with E-state index in [9.17, 15) is 48.0 Å². The fourth-order valence-corrected chi connectivity index (χ4v) is 0.124. The molecule has 0 fully saturated rings.